The summed E-state index contributed by atoms with van der Waals surface area (Å²) in [4.78, 5) is 14.0. The minimum absolute atomic E-state index is 0.0902. The maximum atomic E-state index is 12.4. The third-order valence-electron chi connectivity index (χ3n) is 5.23. The van der Waals surface area contributed by atoms with Gasteiger partial charge in [0.05, 0.1) is 11.9 Å². The highest BCUT2D eigenvalue weighted by Crippen LogP contribution is 2.28. The van der Waals surface area contributed by atoms with Crippen LogP contribution in [0.1, 0.15) is 32.1 Å². The van der Waals surface area contributed by atoms with Crippen molar-refractivity contribution in [2.24, 2.45) is 0 Å². The summed E-state index contributed by atoms with van der Waals surface area (Å²) in [5.41, 5.74) is 0. The first kappa shape index (κ1) is 17.9. The Morgan fingerprint density at radius 1 is 1.17 bits per heavy atom. The summed E-state index contributed by atoms with van der Waals surface area (Å²) in [5.74, 6) is 0.273. The molecular weight excluding hydrogens is 332 g/mol. The fourth-order valence-electron chi connectivity index (χ4n) is 3.92. The van der Waals surface area contributed by atoms with Gasteiger partial charge in [-0.05, 0) is 32.1 Å². The van der Waals surface area contributed by atoms with E-state index in [-0.39, 0.29) is 23.9 Å². The van der Waals surface area contributed by atoms with Gasteiger partial charge in [-0.2, -0.15) is 4.31 Å². The molecule has 0 aromatic rings. The van der Waals surface area contributed by atoms with Gasteiger partial charge in [0.25, 0.3) is 0 Å². The van der Waals surface area contributed by atoms with E-state index in [0.717, 1.165) is 32.1 Å². The molecular formula is C15H28N4O4S. The van der Waals surface area contributed by atoms with Crippen LogP contribution < -0.4 is 10.6 Å². The number of carbonyl (C=O) groups is 1. The van der Waals surface area contributed by atoms with Gasteiger partial charge >= 0.3 is 6.03 Å². The summed E-state index contributed by atoms with van der Waals surface area (Å²) in [6, 6.07) is 0.0530. The fraction of sp³-hybridized carbons (Fsp3) is 0.933. The lowest BCUT2D eigenvalue weighted by atomic mass is 9.91. The third kappa shape index (κ3) is 4.19. The zero-order valence-corrected chi connectivity index (χ0v) is 14.8. The molecule has 1 atom stereocenters. The number of hydrogen-bond acceptors (Lipinski definition) is 5. The number of β-amino-alcohol motifs (C(OH)–C–C–N with tert-alkyl or cyclic N) is 1. The Kier molecular flexibility index (Phi) is 5.63. The number of rotatable bonds is 2. The highest BCUT2D eigenvalue weighted by atomic mass is 32.2. The van der Waals surface area contributed by atoms with Crippen LogP contribution in [0.3, 0.4) is 0 Å². The molecule has 2 heterocycles. The maximum Gasteiger partial charge on any atom is 0.317 e. The average molecular weight is 360 g/mol. The predicted octanol–water partition coefficient (Wildman–Crippen LogP) is -0.691. The molecule has 0 aromatic carbocycles. The van der Waals surface area contributed by atoms with E-state index in [9.17, 15) is 18.3 Å². The van der Waals surface area contributed by atoms with E-state index in [4.69, 9.17) is 0 Å². The first-order valence-corrected chi connectivity index (χ1v) is 10.5. The Labute approximate surface area is 143 Å². The van der Waals surface area contributed by atoms with Crippen LogP contribution in [0.4, 0.5) is 4.79 Å². The lowest BCUT2D eigenvalue weighted by Gasteiger charge is -2.34. The molecule has 1 aliphatic carbocycles. The zero-order valence-electron chi connectivity index (χ0n) is 14.0. The van der Waals surface area contributed by atoms with Crippen molar-refractivity contribution in [3.63, 3.8) is 0 Å². The molecule has 138 valence electrons. The van der Waals surface area contributed by atoms with E-state index in [1.54, 1.807) is 9.21 Å². The van der Waals surface area contributed by atoms with Crippen molar-refractivity contribution < 1.29 is 18.3 Å². The van der Waals surface area contributed by atoms with Crippen LogP contribution >= 0.6 is 0 Å². The van der Waals surface area contributed by atoms with Gasteiger partial charge in [-0.3, -0.25) is 0 Å². The fourth-order valence-corrected chi connectivity index (χ4v) is 5.72. The molecule has 3 aliphatic rings. The normalized spacial score (nSPS) is 34.7. The van der Waals surface area contributed by atoms with E-state index in [2.05, 4.69) is 10.6 Å². The Morgan fingerprint density at radius 3 is 2.58 bits per heavy atom. The van der Waals surface area contributed by atoms with Crippen molar-refractivity contribution in [1.82, 2.24) is 19.8 Å². The van der Waals surface area contributed by atoms with Gasteiger partial charge in [0.1, 0.15) is 0 Å². The number of nitrogens with zero attached hydrogens (tertiary/aromatic N) is 2. The first-order valence-electron chi connectivity index (χ1n) is 8.89. The molecule has 2 saturated heterocycles. The highest BCUT2D eigenvalue weighted by Gasteiger charge is 2.36. The summed E-state index contributed by atoms with van der Waals surface area (Å²) in [6.07, 6.45) is 3.40. The van der Waals surface area contributed by atoms with E-state index < -0.39 is 16.1 Å². The number of urea groups is 1. The van der Waals surface area contributed by atoms with Crippen molar-refractivity contribution in [1.29, 1.82) is 0 Å². The zero-order chi connectivity index (χ0) is 17.2. The standard InChI is InChI=1S/C15H28N4O4S/c20-14-10-16-6-8-18(11-14)15(21)17-12-2-4-13(5-3-12)19-7-1-9-24(19,22)23/h12-14,16,20H,1-11H2,(H,17,21). The van der Waals surface area contributed by atoms with E-state index >= 15 is 0 Å². The molecule has 2 amide bonds. The summed E-state index contributed by atoms with van der Waals surface area (Å²) >= 11 is 0. The molecule has 24 heavy (non-hydrogen) atoms. The first-order chi connectivity index (χ1) is 11.5. The average Bonchev–Trinajstić information content (AvgIpc) is 2.76. The summed E-state index contributed by atoms with van der Waals surface area (Å²) in [5, 5.41) is 15.9. The van der Waals surface area contributed by atoms with Gasteiger partial charge in [0, 0.05) is 44.8 Å². The maximum absolute atomic E-state index is 12.4. The molecule has 3 N–H and O–H groups in total. The Hall–Kier alpha value is -0.900. The van der Waals surface area contributed by atoms with Gasteiger partial charge in [0.15, 0.2) is 0 Å². The second kappa shape index (κ2) is 7.55. The second-order valence-electron chi connectivity index (χ2n) is 7.04. The topological polar surface area (TPSA) is 102 Å². The van der Waals surface area contributed by atoms with Gasteiger partial charge in [0.2, 0.25) is 10.0 Å². The second-order valence-corrected chi connectivity index (χ2v) is 9.08. The number of sulfonamides is 1. The van der Waals surface area contributed by atoms with Crippen LogP contribution in [-0.4, -0.2) is 85.4 Å². The van der Waals surface area contributed by atoms with Crippen LogP contribution in [0.25, 0.3) is 0 Å². The van der Waals surface area contributed by atoms with Crippen LogP contribution in [-0.2, 0) is 10.0 Å². The van der Waals surface area contributed by atoms with Crippen LogP contribution in [0.2, 0.25) is 0 Å². The molecule has 0 bridgehead atoms. The number of hydrogen-bond donors (Lipinski definition) is 3. The van der Waals surface area contributed by atoms with E-state index in [1.165, 1.54) is 0 Å². The SMILES string of the molecule is O=C(NC1CCC(N2CCCS2(=O)=O)CC1)N1CCNCC(O)C1. The van der Waals surface area contributed by atoms with Crippen LogP contribution in [0.5, 0.6) is 0 Å². The predicted molar refractivity (Wildman–Crippen MR) is 90.1 cm³/mol. The van der Waals surface area contributed by atoms with Crippen molar-refractivity contribution in [2.75, 3.05) is 38.5 Å². The van der Waals surface area contributed by atoms with Gasteiger partial charge in [-0.1, -0.05) is 0 Å². The van der Waals surface area contributed by atoms with Crippen LogP contribution in [0, 0.1) is 0 Å². The molecule has 8 nitrogen and oxygen atoms in total. The quantitative estimate of drug-likeness (QED) is 0.605. The Morgan fingerprint density at radius 2 is 1.92 bits per heavy atom. The molecule has 9 heteroatoms. The number of aliphatic hydroxyl groups excluding tert-OH is 1. The van der Waals surface area contributed by atoms with Crippen LogP contribution in [0.15, 0.2) is 0 Å². The molecule has 3 fully saturated rings. The smallest absolute Gasteiger partial charge is 0.317 e. The summed E-state index contributed by atoms with van der Waals surface area (Å²) in [7, 11) is -3.05. The van der Waals surface area contributed by atoms with Gasteiger partial charge < -0.3 is 20.6 Å². The van der Waals surface area contributed by atoms with E-state index in [0.29, 0.717) is 32.7 Å². The third-order valence-corrected chi connectivity index (χ3v) is 7.23. The molecule has 2 aliphatic heterocycles. The highest BCUT2D eigenvalue weighted by molar-refractivity contribution is 7.89. The Bertz CT molecular complexity index is 548. The number of amides is 2. The van der Waals surface area contributed by atoms with Crippen molar-refractivity contribution in [2.45, 2.75) is 50.3 Å². The largest absolute Gasteiger partial charge is 0.390 e. The number of carbonyl (C=O) groups excluding carboxylic acids is 1. The lowest BCUT2D eigenvalue weighted by molar-refractivity contribution is 0.131. The van der Waals surface area contributed by atoms with Crippen molar-refractivity contribution >= 4 is 16.1 Å². The molecule has 0 radical (unpaired) electrons. The molecule has 0 spiro atoms. The minimum atomic E-state index is -3.05. The summed E-state index contributed by atoms with van der Waals surface area (Å²) in [6.45, 7) is 2.77. The van der Waals surface area contributed by atoms with E-state index in [1.807, 2.05) is 0 Å². The minimum Gasteiger partial charge on any atom is -0.390 e. The molecule has 0 aromatic heterocycles. The molecule has 3 rings (SSSR count). The number of aliphatic hydroxyl groups is 1. The summed E-state index contributed by atoms with van der Waals surface area (Å²) < 4.78 is 25.7. The van der Waals surface area contributed by atoms with Gasteiger partial charge in [-0.25, -0.2) is 13.2 Å². The van der Waals surface area contributed by atoms with Crippen molar-refractivity contribution in [3.05, 3.63) is 0 Å². The Balaban J connectivity index is 1.47. The monoisotopic (exact) mass is 360 g/mol. The lowest BCUT2D eigenvalue weighted by Crippen LogP contribution is -2.50. The molecule has 1 saturated carbocycles. The van der Waals surface area contributed by atoms with Crippen molar-refractivity contribution in [3.8, 4) is 0 Å². The number of nitrogens with one attached hydrogen (secondary N) is 2. The van der Waals surface area contributed by atoms with Gasteiger partial charge in [-0.15, -0.1) is 0 Å². The molecule has 1 unspecified atom stereocenters.